The van der Waals surface area contributed by atoms with Crippen LogP contribution in [0.25, 0.3) is 0 Å². The lowest BCUT2D eigenvalue weighted by atomic mass is 10.1. The Morgan fingerprint density at radius 3 is 2.68 bits per heavy atom. The molecular weight excluding hydrogens is 240 g/mol. The Hall–Kier alpha value is -1.65. The minimum absolute atomic E-state index is 0.167. The highest BCUT2D eigenvalue weighted by Crippen LogP contribution is 2.08. The average Bonchev–Trinajstić information content (AvgIpc) is 2.34. The van der Waals surface area contributed by atoms with Crippen LogP contribution in [0.4, 0.5) is 5.95 Å². The lowest BCUT2D eigenvalue weighted by molar-refractivity contribution is 0.0914. The minimum atomic E-state index is -0.268. The molecule has 0 bridgehead atoms. The summed E-state index contributed by atoms with van der Waals surface area (Å²) >= 11 is 0. The maximum absolute atomic E-state index is 12.0. The van der Waals surface area contributed by atoms with Crippen molar-refractivity contribution < 1.29 is 4.79 Å². The molecule has 0 spiro atoms. The van der Waals surface area contributed by atoms with E-state index in [1.54, 1.807) is 12.3 Å². The molecular formula is C14H24N4O. The van der Waals surface area contributed by atoms with Gasteiger partial charge in [0.05, 0.1) is 0 Å². The van der Waals surface area contributed by atoms with Crippen LogP contribution in [0.2, 0.25) is 0 Å². The molecule has 19 heavy (non-hydrogen) atoms. The number of nitrogens with one attached hydrogen (secondary N) is 1. The van der Waals surface area contributed by atoms with Gasteiger partial charge in [-0.15, -0.1) is 0 Å². The molecule has 0 atom stereocenters. The molecule has 0 saturated carbocycles. The van der Waals surface area contributed by atoms with Crippen molar-refractivity contribution >= 4 is 11.9 Å². The van der Waals surface area contributed by atoms with Crippen LogP contribution < -0.4 is 10.2 Å². The van der Waals surface area contributed by atoms with Crippen LogP contribution in [0.1, 0.15) is 51.0 Å². The number of amides is 1. The molecule has 0 unspecified atom stereocenters. The molecule has 1 rings (SSSR count). The zero-order valence-electron chi connectivity index (χ0n) is 12.5. The summed E-state index contributed by atoms with van der Waals surface area (Å²) in [6, 6.07) is 1.64. The molecule has 5 nitrogen and oxygen atoms in total. The highest BCUT2D eigenvalue weighted by molar-refractivity contribution is 5.92. The number of hydrogen-bond donors (Lipinski definition) is 1. The van der Waals surface area contributed by atoms with Crippen LogP contribution in [0.5, 0.6) is 0 Å². The van der Waals surface area contributed by atoms with Crippen molar-refractivity contribution in [2.75, 3.05) is 18.5 Å². The average molecular weight is 264 g/mol. The Kier molecular flexibility index (Phi) is 5.27. The van der Waals surface area contributed by atoms with Crippen molar-refractivity contribution in [1.82, 2.24) is 15.3 Å². The van der Waals surface area contributed by atoms with Gasteiger partial charge in [0.2, 0.25) is 5.95 Å². The smallest absolute Gasteiger partial charge is 0.270 e. The topological polar surface area (TPSA) is 58.1 Å². The van der Waals surface area contributed by atoms with E-state index in [1.807, 2.05) is 32.7 Å². The van der Waals surface area contributed by atoms with Crippen molar-refractivity contribution in [1.29, 1.82) is 0 Å². The van der Waals surface area contributed by atoms with Gasteiger partial charge < -0.3 is 10.2 Å². The first-order valence-electron chi connectivity index (χ1n) is 6.70. The van der Waals surface area contributed by atoms with E-state index in [2.05, 4.69) is 22.2 Å². The van der Waals surface area contributed by atoms with Crippen LogP contribution >= 0.6 is 0 Å². The molecule has 1 aromatic rings. The highest BCUT2D eigenvalue weighted by Gasteiger charge is 2.17. The molecule has 5 heteroatoms. The van der Waals surface area contributed by atoms with E-state index in [4.69, 9.17) is 0 Å². The lowest BCUT2D eigenvalue weighted by Gasteiger charge is -2.21. The van der Waals surface area contributed by atoms with E-state index in [0.29, 0.717) is 11.6 Å². The lowest BCUT2D eigenvalue weighted by Crippen LogP contribution is -2.41. The van der Waals surface area contributed by atoms with Crippen molar-refractivity contribution in [3.05, 3.63) is 18.0 Å². The highest BCUT2D eigenvalue weighted by atomic mass is 16.2. The summed E-state index contributed by atoms with van der Waals surface area (Å²) in [5.74, 6) is 0.426. The second-order valence-electron chi connectivity index (χ2n) is 5.72. The van der Waals surface area contributed by atoms with Crippen molar-refractivity contribution in [3.8, 4) is 0 Å². The van der Waals surface area contributed by atoms with E-state index in [0.717, 1.165) is 19.4 Å². The van der Waals surface area contributed by atoms with Gasteiger partial charge in [0.25, 0.3) is 5.91 Å². The van der Waals surface area contributed by atoms with Gasteiger partial charge >= 0.3 is 0 Å². The maximum atomic E-state index is 12.0. The van der Waals surface area contributed by atoms with Gasteiger partial charge in [0.1, 0.15) is 5.69 Å². The third-order valence-corrected chi connectivity index (χ3v) is 2.55. The second kappa shape index (κ2) is 6.50. The van der Waals surface area contributed by atoms with Gasteiger partial charge in [-0.05, 0) is 33.3 Å². The Balaban J connectivity index is 2.79. The summed E-state index contributed by atoms with van der Waals surface area (Å²) in [5.41, 5.74) is 0.138. The van der Waals surface area contributed by atoms with E-state index in [1.165, 1.54) is 0 Å². The fourth-order valence-electron chi connectivity index (χ4n) is 1.56. The predicted molar refractivity (Wildman–Crippen MR) is 77.4 cm³/mol. The number of aromatic nitrogens is 2. The number of carbonyl (C=O) groups is 1. The molecule has 0 fully saturated rings. The summed E-state index contributed by atoms with van der Waals surface area (Å²) in [6.45, 7) is 8.86. The van der Waals surface area contributed by atoms with Crippen LogP contribution in [0, 0.1) is 0 Å². The maximum Gasteiger partial charge on any atom is 0.270 e. The predicted octanol–water partition coefficient (Wildman–Crippen LogP) is 2.24. The van der Waals surface area contributed by atoms with Crippen molar-refractivity contribution in [3.63, 3.8) is 0 Å². The summed E-state index contributed by atoms with van der Waals surface area (Å²) < 4.78 is 0. The van der Waals surface area contributed by atoms with Crippen LogP contribution in [0.15, 0.2) is 12.3 Å². The molecule has 0 aromatic carbocycles. The number of anilines is 1. The number of unbranched alkanes of at least 4 members (excludes halogenated alkanes) is 1. The van der Waals surface area contributed by atoms with Crippen molar-refractivity contribution in [2.45, 2.75) is 46.1 Å². The molecule has 0 saturated heterocycles. The standard InChI is InChI=1S/C14H24N4O/c1-6-7-10-18(5)13-15-9-8-11(16-13)12(19)17-14(2,3)4/h8-9H,6-7,10H2,1-5H3,(H,17,19). The number of rotatable bonds is 5. The summed E-state index contributed by atoms with van der Waals surface area (Å²) in [7, 11) is 1.94. The molecule has 1 aromatic heterocycles. The third-order valence-electron chi connectivity index (χ3n) is 2.55. The largest absolute Gasteiger partial charge is 0.346 e. The molecule has 1 heterocycles. The zero-order valence-corrected chi connectivity index (χ0v) is 12.5. The number of carbonyl (C=O) groups excluding carboxylic acids is 1. The van der Waals surface area contributed by atoms with Crippen LogP contribution in [0.3, 0.4) is 0 Å². The molecule has 1 N–H and O–H groups in total. The van der Waals surface area contributed by atoms with E-state index in [-0.39, 0.29) is 11.4 Å². The van der Waals surface area contributed by atoms with Gasteiger partial charge in [0, 0.05) is 25.3 Å². The molecule has 106 valence electrons. The molecule has 0 aliphatic carbocycles. The molecule has 1 amide bonds. The first kappa shape index (κ1) is 15.4. The van der Waals surface area contributed by atoms with Crippen LogP contribution in [-0.4, -0.2) is 35.0 Å². The summed E-state index contributed by atoms with van der Waals surface area (Å²) in [6.07, 6.45) is 3.83. The molecule has 0 aliphatic heterocycles. The molecule has 0 aliphatic rings. The Bertz CT molecular complexity index is 426. The first-order valence-corrected chi connectivity index (χ1v) is 6.70. The quantitative estimate of drug-likeness (QED) is 0.886. The van der Waals surface area contributed by atoms with Gasteiger partial charge in [-0.25, -0.2) is 9.97 Å². The number of hydrogen-bond acceptors (Lipinski definition) is 4. The second-order valence-corrected chi connectivity index (χ2v) is 5.72. The van der Waals surface area contributed by atoms with Crippen LogP contribution in [-0.2, 0) is 0 Å². The third kappa shape index (κ3) is 5.24. The summed E-state index contributed by atoms with van der Waals surface area (Å²) in [5, 5.41) is 2.90. The Morgan fingerprint density at radius 1 is 1.42 bits per heavy atom. The monoisotopic (exact) mass is 264 g/mol. The van der Waals surface area contributed by atoms with Gasteiger partial charge in [-0.1, -0.05) is 13.3 Å². The SMILES string of the molecule is CCCCN(C)c1nccc(C(=O)NC(C)(C)C)n1. The van der Waals surface area contributed by atoms with Crippen molar-refractivity contribution in [2.24, 2.45) is 0 Å². The Morgan fingerprint density at radius 2 is 2.11 bits per heavy atom. The normalized spacial score (nSPS) is 11.2. The Labute approximate surface area is 115 Å². The van der Waals surface area contributed by atoms with Gasteiger partial charge in [0.15, 0.2) is 0 Å². The van der Waals surface area contributed by atoms with Gasteiger partial charge in [-0.3, -0.25) is 4.79 Å². The van der Waals surface area contributed by atoms with E-state index in [9.17, 15) is 4.79 Å². The van der Waals surface area contributed by atoms with E-state index < -0.39 is 0 Å². The van der Waals surface area contributed by atoms with E-state index >= 15 is 0 Å². The number of nitrogens with zero attached hydrogens (tertiary/aromatic N) is 3. The first-order chi connectivity index (χ1) is 8.83. The summed E-state index contributed by atoms with van der Waals surface area (Å²) in [4.78, 5) is 22.5. The zero-order chi connectivity index (χ0) is 14.5. The fraction of sp³-hybridized carbons (Fsp3) is 0.643. The van der Waals surface area contributed by atoms with Gasteiger partial charge in [-0.2, -0.15) is 0 Å². The minimum Gasteiger partial charge on any atom is -0.346 e. The molecule has 0 radical (unpaired) electrons. The fourth-order valence-corrected chi connectivity index (χ4v) is 1.56.